The molecule has 0 unspecified atom stereocenters. The number of rotatable bonds is 4. The van der Waals surface area contributed by atoms with Gasteiger partial charge in [0.15, 0.2) is 0 Å². The Morgan fingerprint density at radius 1 is 1.29 bits per heavy atom. The molecule has 4 nitrogen and oxygen atoms in total. The smallest absolute Gasteiger partial charge is 0.229 e. The fraction of sp³-hybridized carbons (Fsp3) is 0.167. The summed E-state index contributed by atoms with van der Waals surface area (Å²) in [6.45, 7) is 3.84. The molecule has 1 N–H and O–H groups in total. The van der Waals surface area contributed by atoms with Gasteiger partial charge in [0.2, 0.25) is 5.91 Å². The van der Waals surface area contributed by atoms with Crippen LogP contribution >= 0.6 is 22.9 Å². The fourth-order valence-corrected chi connectivity index (χ4v) is 3.46. The summed E-state index contributed by atoms with van der Waals surface area (Å²) in [6.07, 6.45) is 3.79. The van der Waals surface area contributed by atoms with Crippen molar-refractivity contribution in [1.29, 1.82) is 0 Å². The van der Waals surface area contributed by atoms with E-state index in [-0.39, 0.29) is 12.3 Å². The quantitative estimate of drug-likeness (QED) is 0.739. The van der Waals surface area contributed by atoms with E-state index < -0.39 is 0 Å². The van der Waals surface area contributed by atoms with Gasteiger partial charge in [-0.1, -0.05) is 17.7 Å². The lowest BCUT2D eigenvalue weighted by Crippen LogP contribution is -2.14. The van der Waals surface area contributed by atoms with Crippen molar-refractivity contribution in [3.05, 3.63) is 63.9 Å². The first-order valence-electron chi connectivity index (χ1n) is 7.45. The zero-order valence-corrected chi connectivity index (χ0v) is 14.9. The van der Waals surface area contributed by atoms with E-state index in [9.17, 15) is 4.79 Å². The monoisotopic (exact) mass is 357 g/mol. The summed E-state index contributed by atoms with van der Waals surface area (Å²) < 4.78 is 0. The van der Waals surface area contributed by atoms with Crippen LogP contribution < -0.4 is 5.32 Å². The predicted molar refractivity (Wildman–Crippen MR) is 98.6 cm³/mol. The van der Waals surface area contributed by atoms with E-state index in [0.717, 1.165) is 26.7 Å². The lowest BCUT2D eigenvalue weighted by molar-refractivity contribution is -0.115. The molecular formula is C18H16ClN3OS. The molecule has 6 heteroatoms. The normalized spacial score (nSPS) is 10.6. The van der Waals surface area contributed by atoms with Crippen LogP contribution in [0.25, 0.3) is 10.6 Å². The molecule has 0 radical (unpaired) electrons. The maximum absolute atomic E-state index is 12.3. The number of hydrogen-bond acceptors (Lipinski definition) is 4. The number of nitrogens with one attached hydrogen (secondary N) is 1. The van der Waals surface area contributed by atoms with E-state index in [0.29, 0.717) is 10.7 Å². The molecule has 2 heterocycles. The third kappa shape index (κ3) is 3.80. The van der Waals surface area contributed by atoms with Crippen LogP contribution in [0.4, 0.5) is 5.69 Å². The molecule has 1 amide bonds. The Balaban J connectivity index is 1.72. The zero-order chi connectivity index (χ0) is 17.1. The largest absolute Gasteiger partial charge is 0.326 e. The second kappa shape index (κ2) is 7.11. The van der Waals surface area contributed by atoms with Gasteiger partial charge in [-0.2, -0.15) is 0 Å². The van der Waals surface area contributed by atoms with E-state index in [1.165, 1.54) is 11.3 Å². The minimum Gasteiger partial charge on any atom is -0.326 e. The summed E-state index contributed by atoms with van der Waals surface area (Å²) in [4.78, 5) is 21.9. The van der Waals surface area contributed by atoms with Gasteiger partial charge in [0.05, 0.1) is 12.1 Å². The second-order valence-electron chi connectivity index (χ2n) is 5.46. The van der Waals surface area contributed by atoms with Gasteiger partial charge >= 0.3 is 0 Å². The summed E-state index contributed by atoms with van der Waals surface area (Å²) in [7, 11) is 0. The zero-order valence-electron chi connectivity index (χ0n) is 13.3. The summed E-state index contributed by atoms with van der Waals surface area (Å²) in [5.74, 6) is -0.0839. The Kier molecular flexibility index (Phi) is 4.92. The number of halogens is 1. The molecule has 24 heavy (non-hydrogen) atoms. The van der Waals surface area contributed by atoms with Gasteiger partial charge in [0, 0.05) is 33.5 Å². The molecule has 0 aliphatic heterocycles. The molecule has 0 aliphatic carbocycles. The van der Waals surface area contributed by atoms with Crippen LogP contribution in [0.1, 0.15) is 16.1 Å². The molecular weight excluding hydrogens is 342 g/mol. The first kappa shape index (κ1) is 16.6. The van der Waals surface area contributed by atoms with Crippen molar-refractivity contribution < 1.29 is 4.79 Å². The number of carbonyl (C=O) groups excluding carboxylic acids is 1. The van der Waals surface area contributed by atoms with Gasteiger partial charge in [0.1, 0.15) is 5.01 Å². The Hall–Kier alpha value is -2.24. The minimum absolute atomic E-state index is 0.0839. The molecule has 2 aromatic heterocycles. The van der Waals surface area contributed by atoms with Gasteiger partial charge in [0.25, 0.3) is 0 Å². The topological polar surface area (TPSA) is 54.9 Å². The lowest BCUT2D eigenvalue weighted by Gasteiger charge is -2.06. The fourth-order valence-electron chi connectivity index (χ4n) is 2.23. The standard InChI is InChI=1S/C18H16ClN3OS/c1-11-5-6-14(8-15(11)19)22-17(23)9-16-12(2)21-18(24-16)13-4-3-7-20-10-13/h3-8,10H,9H2,1-2H3,(H,22,23). The number of hydrogen-bond donors (Lipinski definition) is 1. The highest BCUT2D eigenvalue weighted by molar-refractivity contribution is 7.15. The Labute approximate surface area is 149 Å². The van der Waals surface area contributed by atoms with E-state index in [1.54, 1.807) is 18.5 Å². The van der Waals surface area contributed by atoms with Crippen LogP contribution in [0.5, 0.6) is 0 Å². The first-order valence-corrected chi connectivity index (χ1v) is 8.65. The predicted octanol–water partition coefficient (Wildman–Crippen LogP) is 4.66. The Morgan fingerprint density at radius 2 is 2.12 bits per heavy atom. The van der Waals surface area contributed by atoms with Gasteiger partial charge in [-0.25, -0.2) is 4.98 Å². The number of carbonyl (C=O) groups is 1. The van der Waals surface area contributed by atoms with Gasteiger partial charge < -0.3 is 5.32 Å². The van der Waals surface area contributed by atoms with Crippen LogP contribution in [0.15, 0.2) is 42.7 Å². The molecule has 3 rings (SSSR count). The molecule has 1 aromatic carbocycles. The van der Waals surface area contributed by atoms with E-state index in [2.05, 4.69) is 15.3 Å². The second-order valence-corrected chi connectivity index (χ2v) is 6.95. The highest BCUT2D eigenvalue weighted by Crippen LogP contribution is 2.28. The van der Waals surface area contributed by atoms with Gasteiger partial charge in [-0.15, -0.1) is 11.3 Å². The van der Waals surface area contributed by atoms with Crippen molar-refractivity contribution in [2.75, 3.05) is 5.32 Å². The molecule has 0 bridgehead atoms. The Bertz CT molecular complexity index is 877. The van der Waals surface area contributed by atoms with Crippen LogP contribution in [0.3, 0.4) is 0 Å². The average Bonchev–Trinajstić information content (AvgIpc) is 2.93. The summed E-state index contributed by atoms with van der Waals surface area (Å²) in [5, 5.41) is 4.39. The summed E-state index contributed by atoms with van der Waals surface area (Å²) in [5.41, 5.74) is 3.51. The van der Waals surface area contributed by atoms with E-state index in [1.807, 2.05) is 38.1 Å². The SMILES string of the molecule is Cc1ccc(NC(=O)Cc2sc(-c3cccnc3)nc2C)cc1Cl. The van der Waals surface area contributed by atoms with Gasteiger partial charge in [-0.3, -0.25) is 9.78 Å². The molecule has 122 valence electrons. The van der Waals surface area contributed by atoms with E-state index in [4.69, 9.17) is 11.6 Å². The third-order valence-electron chi connectivity index (χ3n) is 3.58. The summed E-state index contributed by atoms with van der Waals surface area (Å²) in [6, 6.07) is 9.33. The highest BCUT2D eigenvalue weighted by atomic mass is 35.5. The molecule has 3 aromatic rings. The average molecular weight is 358 g/mol. The van der Waals surface area contributed by atoms with Crippen molar-refractivity contribution >= 4 is 34.5 Å². The number of aromatic nitrogens is 2. The number of thiazole rings is 1. The number of pyridine rings is 1. The van der Waals surface area contributed by atoms with Gasteiger partial charge in [-0.05, 0) is 43.7 Å². The molecule has 0 atom stereocenters. The Morgan fingerprint density at radius 3 is 2.83 bits per heavy atom. The van der Waals surface area contributed by atoms with E-state index >= 15 is 0 Å². The van der Waals surface area contributed by atoms with Crippen molar-refractivity contribution in [2.45, 2.75) is 20.3 Å². The number of amides is 1. The number of aryl methyl sites for hydroxylation is 2. The highest BCUT2D eigenvalue weighted by Gasteiger charge is 2.13. The van der Waals surface area contributed by atoms with Crippen molar-refractivity contribution in [2.24, 2.45) is 0 Å². The maximum atomic E-state index is 12.3. The minimum atomic E-state index is -0.0839. The lowest BCUT2D eigenvalue weighted by atomic mass is 10.2. The number of benzene rings is 1. The van der Waals surface area contributed by atoms with Crippen molar-refractivity contribution in [3.8, 4) is 10.6 Å². The third-order valence-corrected chi connectivity index (χ3v) is 5.19. The van der Waals surface area contributed by atoms with Crippen molar-refractivity contribution in [3.63, 3.8) is 0 Å². The first-order chi connectivity index (χ1) is 11.5. The maximum Gasteiger partial charge on any atom is 0.229 e. The molecule has 0 saturated heterocycles. The summed E-state index contributed by atoms with van der Waals surface area (Å²) >= 11 is 7.61. The van der Waals surface area contributed by atoms with Crippen molar-refractivity contribution in [1.82, 2.24) is 9.97 Å². The molecule has 0 aliphatic rings. The molecule has 0 saturated carbocycles. The van der Waals surface area contributed by atoms with Crippen LogP contribution in [-0.4, -0.2) is 15.9 Å². The number of anilines is 1. The number of nitrogens with zero attached hydrogens (tertiary/aromatic N) is 2. The van der Waals surface area contributed by atoms with Crippen LogP contribution in [0.2, 0.25) is 5.02 Å². The molecule has 0 fully saturated rings. The van der Waals surface area contributed by atoms with Crippen LogP contribution in [0, 0.1) is 13.8 Å². The molecule has 0 spiro atoms. The van der Waals surface area contributed by atoms with Crippen LogP contribution in [-0.2, 0) is 11.2 Å².